The normalized spacial score (nSPS) is 20.2. The van der Waals surface area contributed by atoms with Gasteiger partial charge >= 0.3 is 0 Å². The average molecular weight is 251 g/mol. The molecule has 6 heteroatoms. The van der Waals surface area contributed by atoms with Crippen molar-refractivity contribution in [2.45, 2.75) is 25.4 Å². The second kappa shape index (κ2) is 5.32. The molecule has 1 aromatic rings. The summed E-state index contributed by atoms with van der Waals surface area (Å²) in [5, 5.41) is 20.0. The number of nitrogen functional groups attached to an aromatic ring is 1. The van der Waals surface area contributed by atoms with Crippen molar-refractivity contribution >= 4 is 11.4 Å². The Bertz CT molecular complexity index is 450. The van der Waals surface area contributed by atoms with Crippen LogP contribution in [0.3, 0.4) is 0 Å². The third-order valence-corrected chi connectivity index (χ3v) is 3.39. The molecule has 0 bridgehead atoms. The first kappa shape index (κ1) is 12.8. The number of nitrogens with zero attached hydrogens (tertiary/aromatic N) is 2. The van der Waals surface area contributed by atoms with Crippen LogP contribution in [0.15, 0.2) is 18.2 Å². The lowest BCUT2D eigenvalue weighted by atomic mass is 10.1. The fraction of sp³-hybridized carbons (Fsp3) is 0.500. The van der Waals surface area contributed by atoms with E-state index in [0.29, 0.717) is 6.54 Å². The van der Waals surface area contributed by atoms with Crippen molar-refractivity contribution in [1.29, 1.82) is 0 Å². The molecule has 2 rings (SSSR count). The molecule has 0 spiro atoms. The molecular weight excluding hydrogens is 234 g/mol. The number of nitro groups is 1. The summed E-state index contributed by atoms with van der Waals surface area (Å²) in [4.78, 5) is 12.5. The van der Waals surface area contributed by atoms with Crippen molar-refractivity contribution in [2.75, 3.05) is 18.9 Å². The molecule has 1 aliphatic heterocycles. The Balaban J connectivity index is 2.14. The molecule has 3 N–H and O–H groups in total. The van der Waals surface area contributed by atoms with Gasteiger partial charge in [0.25, 0.3) is 5.69 Å². The summed E-state index contributed by atoms with van der Waals surface area (Å²) < 4.78 is 0. The minimum absolute atomic E-state index is 0.0488. The van der Waals surface area contributed by atoms with Gasteiger partial charge in [0, 0.05) is 18.7 Å². The van der Waals surface area contributed by atoms with Crippen molar-refractivity contribution in [3.63, 3.8) is 0 Å². The van der Waals surface area contributed by atoms with Crippen LogP contribution in [0.5, 0.6) is 0 Å². The fourth-order valence-electron chi connectivity index (χ4n) is 2.39. The van der Waals surface area contributed by atoms with Crippen LogP contribution < -0.4 is 5.73 Å². The molecule has 1 atom stereocenters. The number of aliphatic hydroxyl groups is 1. The van der Waals surface area contributed by atoms with Gasteiger partial charge in [0.1, 0.15) is 5.69 Å². The summed E-state index contributed by atoms with van der Waals surface area (Å²) in [6, 6.07) is 5.05. The van der Waals surface area contributed by atoms with E-state index >= 15 is 0 Å². The SMILES string of the molecule is Nc1ccc(CN2CCCC2CO)cc1[N+](=O)[O-]. The zero-order valence-electron chi connectivity index (χ0n) is 10.1. The molecule has 98 valence electrons. The quantitative estimate of drug-likeness (QED) is 0.475. The van der Waals surface area contributed by atoms with E-state index in [9.17, 15) is 15.2 Å². The molecule has 1 aliphatic rings. The standard InChI is InChI=1S/C12H17N3O3/c13-11-4-3-9(6-12(11)15(17)18)7-14-5-1-2-10(14)8-16/h3-4,6,10,16H,1-2,5,7-8,13H2. The zero-order valence-corrected chi connectivity index (χ0v) is 10.1. The van der Waals surface area contributed by atoms with Gasteiger partial charge in [0.05, 0.1) is 11.5 Å². The van der Waals surface area contributed by atoms with E-state index in [1.165, 1.54) is 6.07 Å². The van der Waals surface area contributed by atoms with E-state index in [2.05, 4.69) is 4.90 Å². The lowest BCUT2D eigenvalue weighted by molar-refractivity contribution is -0.384. The number of nitrogens with two attached hydrogens (primary N) is 1. The Morgan fingerprint density at radius 2 is 2.33 bits per heavy atom. The fourth-order valence-corrected chi connectivity index (χ4v) is 2.39. The monoisotopic (exact) mass is 251 g/mol. The van der Waals surface area contributed by atoms with Gasteiger partial charge in [-0.15, -0.1) is 0 Å². The van der Waals surface area contributed by atoms with Gasteiger partial charge in [-0.3, -0.25) is 15.0 Å². The number of hydrogen-bond donors (Lipinski definition) is 2. The second-order valence-corrected chi connectivity index (χ2v) is 4.60. The highest BCUT2D eigenvalue weighted by atomic mass is 16.6. The van der Waals surface area contributed by atoms with Crippen molar-refractivity contribution in [3.05, 3.63) is 33.9 Å². The summed E-state index contributed by atoms with van der Waals surface area (Å²) in [7, 11) is 0. The topological polar surface area (TPSA) is 92.6 Å². The van der Waals surface area contributed by atoms with Gasteiger partial charge in [-0.1, -0.05) is 6.07 Å². The maximum atomic E-state index is 10.8. The molecule has 0 aliphatic carbocycles. The van der Waals surface area contributed by atoms with Crippen LogP contribution in [-0.2, 0) is 6.54 Å². The van der Waals surface area contributed by atoms with Crippen LogP contribution in [0.1, 0.15) is 18.4 Å². The van der Waals surface area contributed by atoms with Crippen LogP contribution in [0.2, 0.25) is 0 Å². The van der Waals surface area contributed by atoms with Gasteiger partial charge in [0.2, 0.25) is 0 Å². The van der Waals surface area contributed by atoms with Crippen molar-refractivity contribution in [3.8, 4) is 0 Å². The smallest absolute Gasteiger partial charge is 0.292 e. The number of nitro benzene ring substituents is 1. The average Bonchev–Trinajstić information content (AvgIpc) is 2.78. The summed E-state index contributed by atoms with van der Waals surface area (Å²) >= 11 is 0. The third kappa shape index (κ3) is 2.60. The Morgan fingerprint density at radius 1 is 1.56 bits per heavy atom. The number of hydrogen-bond acceptors (Lipinski definition) is 5. The van der Waals surface area contributed by atoms with E-state index in [-0.39, 0.29) is 24.0 Å². The molecule has 1 saturated heterocycles. The molecule has 1 unspecified atom stereocenters. The number of rotatable bonds is 4. The molecular formula is C12H17N3O3. The first-order valence-electron chi connectivity index (χ1n) is 5.99. The van der Waals surface area contributed by atoms with E-state index in [4.69, 9.17) is 5.73 Å². The van der Waals surface area contributed by atoms with Gasteiger partial charge in [-0.2, -0.15) is 0 Å². The van der Waals surface area contributed by atoms with Crippen LogP contribution in [0.25, 0.3) is 0 Å². The number of benzene rings is 1. The number of anilines is 1. The van der Waals surface area contributed by atoms with Crippen molar-refractivity contribution in [2.24, 2.45) is 0 Å². The largest absolute Gasteiger partial charge is 0.395 e. The maximum absolute atomic E-state index is 10.8. The molecule has 18 heavy (non-hydrogen) atoms. The summed E-state index contributed by atoms with van der Waals surface area (Å²) in [5.41, 5.74) is 6.55. The van der Waals surface area contributed by atoms with E-state index < -0.39 is 4.92 Å². The third-order valence-electron chi connectivity index (χ3n) is 3.39. The first-order chi connectivity index (χ1) is 8.61. The highest BCUT2D eigenvalue weighted by Gasteiger charge is 2.24. The first-order valence-corrected chi connectivity index (χ1v) is 5.99. The van der Waals surface area contributed by atoms with E-state index in [0.717, 1.165) is 24.9 Å². The molecule has 1 aromatic carbocycles. The van der Waals surface area contributed by atoms with Gasteiger partial charge in [-0.05, 0) is 31.0 Å². The van der Waals surface area contributed by atoms with Gasteiger partial charge in [-0.25, -0.2) is 0 Å². The lowest BCUT2D eigenvalue weighted by Crippen LogP contribution is -2.31. The van der Waals surface area contributed by atoms with Crippen molar-refractivity contribution in [1.82, 2.24) is 4.90 Å². The van der Waals surface area contributed by atoms with Gasteiger partial charge < -0.3 is 10.8 Å². The predicted octanol–water partition coefficient (Wildman–Crippen LogP) is 1.13. The summed E-state index contributed by atoms with van der Waals surface area (Å²) in [6.45, 7) is 1.67. The Morgan fingerprint density at radius 3 is 3.00 bits per heavy atom. The van der Waals surface area contributed by atoms with E-state index in [1.54, 1.807) is 12.1 Å². The van der Waals surface area contributed by atoms with Crippen molar-refractivity contribution < 1.29 is 10.0 Å². The van der Waals surface area contributed by atoms with Gasteiger partial charge in [0.15, 0.2) is 0 Å². The van der Waals surface area contributed by atoms with E-state index in [1.807, 2.05) is 0 Å². The number of likely N-dealkylation sites (tertiary alicyclic amines) is 1. The molecule has 1 fully saturated rings. The number of aliphatic hydroxyl groups excluding tert-OH is 1. The minimum Gasteiger partial charge on any atom is -0.395 e. The van der Waals surface area contributed by atoms with Crippen LogP contribution in [0.4, 0.5) is 11.4 Å². The molecule has 0 amide bonds. The second-order valence-electron chi connectivity index (χ2n) is 4.60. The predicted molar refractivity (Wildman–Crippen MR) is 68.0 cm³/mol. The van der Waals surface area contributed by atoms with Crippen LogP contribution >= 0.6 is 0 Å². The Kier molecular flexibility index (Phi) is 3.78. The Hall–Kier alpha value is -1.66. The molecule has 6 nitrogen and oxygen atoms in total. The lowest BCUT2D eigenvalue weighted by Gasteiger charge is -2.22. The maximum Gasteiger partial charge on any atom is 0.292 e. The molecule has 0 saturated carbocycles. The molecule has 0 radical (unpaired) electrons. The summed E-state index contributed by atoms with van der Waals surface area (Å²) in [6.07, 6.45) is 2.04. The van der Waals surface area contributed by atoms with Crippen LogP contribution in [0, 0.1) is 10.1 Å². The zero-order chi connectivity index (χ0) is 13.1. The summed E-state index contributed by atoms with van der Waals surface area (Å²) in [5.74, 6) is 0. The Labute approximate surface area is 105 Å². The molecule has 1 heterocycles. The molecule has 0 aromatic heterocycles. The highest BCUT2D eigenvalue weighted by molar-refractivity contribution is 5.59. The van der Waals surface area contributed by atoms with Crippen LogP contribution in [-0.4, -0.2) is 34.1 Å². The highest BCUT2D eigenvalue weighted by Crippen LogP contribution is 2.25. The minimum atomic E-state index is -0.466.